The van der Waals surface area contributed by atoms with Gasteiger partial charge in [-0.2, -0.15) is 0 Å². The maximum Gasteiger partial charge on any atom is 0.222 e. The average molecular weight is 147 g/mol. The number of carbonyl (C=O) groups is 1. The van der Waals surface area contributed by atoms with Crippen LogP contribution in [0, 0.1) is 35.5 Å². The zero-order valence-corrected chi connectivity index (χ0v) is 6.08. The van der Waals surface area contributed by atoms with Crippen LogP contribution in [0.2, 0.25) is 0 Å². The van der Waals surface area contributed by atoms with Gasteiger partial charge in [-0.05, 0) is 35.5 Å². The SMILES string of the molecule is O=C1CC2(N1)C1C3C1C1C3C12. The van der Waals surface area contributed by atoms with Gasteiger partial charge in [0.25, 0.3) is 0 Å². The lowest BCUT2D eigenvalue weighted by Gasteiger charge is -2.40. The number of hydrogen-bond donors (Lipinski definition) is 1. The number of hydrogen-bond acceptors (Lipinski definition) is 1. The summed E-state index contributed by atoms with van der Waals surface area (Å²) in [5.41, 5.74) is 0.391. The fraction of sp³-hybridized carbons (Fsp3) is 0.889. The molecule has 1 amide bonds. The average Bonchev–Trinajstić information content (AvgIpc) is 2.55. The molecule has 1 N–H and O–H groups in total. The fourth-order valence-electron chi connectivity index (χ4n) is 5.06. The second-order valence-electron chi connectivity index (χ2n) is 5.13. The highest BCUT2D eigenvalue weighted by molar-refractivity contribution is 5.87. The van der Waals surface area contributed by atoms with Crippen LogP contribution in [0.4, 0.5) is 0 Å². The molecule has 1 heterocycles. The van der Waals surface area contributed by atoms with Crippen LogP contribution in [-0.2, 0) is 4.79 Å². The van der Waals surface area contributed by atoms with E-state index in [0.717, 1.165) is 41.9 Å². The summed E-state index contributed by atoms with van der Waals surface area (Å²) in [6, 6.07) is 0. The first kappa shape index (κ1) is 4.48. The minimum absolute atomic E-state index is 0.308. The Hall–Kier alpha value is -0.530. The summed E-state index contributed by atoms with van der Waals surface area (Å²) in [4.78, 5) is 10.9. The normalized spacial score (nSPS) is 83.5. The summed E-state index contributed by atoms with van der Waals surface area (Å²) >= 11 is 0. The molecular formula is C9H9NO. The Morgan fingerprint density at radius 2 is 1.64 bits per heavy atom. The summed E-state index contributed by atoms with van der Waals surface area (Å²) in [5.74, 6) is 6.58. The van der Waals surface area contributed by atoms with Gasteiger partial charge in [0.05, 0.1) is 12.0 Å². The van der Waals surface area contributed by atoms with Crippen molar-refractivity contribution in [3.63, 3.8) is 0 Å². The first-order valence-corrected chi connectivity index (χ1v) is 4.66. The molecule has 56 valence electrons. The van der Waals surface area contributed by atoms with Gasteiger partial charge < -0.3 is 5.32 Å². The Morgan fingerprint density at radius 3 is 2.00 bits per heavy atom. The van der Waals surface area contributed by atoms with Crippen LogP contribution in [0.25, 0.3) is 0 Å². The summed E-state index contributed by atoms with van der Waals surface area (Å²) in [6.45, 7) is 0. The van der Waals surface area contributed by atoms with Crippen LogP contribution in [0.1, 0.15) is 6.42 Å². The van der Waals surface area contributed by atoms with Crippen molar-refractivity contribution < 1.29 is 4.79 Å². The van der Waals surface area contributed by atoms with E-state index in [4.69, 9.17) is 0 Å². The van der Waals surface area contributed by atoms with Crippen molar-refractivity contribution in [1.29, 1.82) is 0 Å². The van der Waals surface area contributed by atoms with Crippen LogP contribution in [0.3, 0.4) is 0 Å². The molecule has 5 aliphatic carbocycles. The van der Waals surface area contributed by atoms with Gasteiger partial charge >= 0.3 is 0 Å². The van der Waals surface area contributed by atoms with E-state index in [2.05, 4.69) is 5.32 Å². The topological polar surface area (TPSA) is 29.1 Å². The van der Waals surface area contributed by atoms with Crippen LogP contribution in [0.5, 0.6) is 0 Å². The quantitative estimate of drug-likeness (QED) is 0.480. The molecule has 1 spiro atoms. The summed E-state index contributed by atoms with van der Waals surface area (Å²) in [7, 11) is 0. The Labute approximate surface area is 64.3 Å². The van der Waals surface area contributed by atoms with Crippen molar-refractivity contribution >= 4 is 5.91 Å². The third kappa shape index (κ3) is 0.216. The molecule has 6 rings (SSSR count). The third-order valence-corrected chi connectivity index (χ3v) is 5.17. The van der Waals surface area contributed by atoms with Crippen molar-refractivity contribution in [2.24, 2.45) is 35.5 Å². The highest BCUT2D eigenvalue weighted by atomic mass is 16.2. The zero-order chi connectivity index (χ0) is 6.96. The summed E-state index contributed by atoms with van der Waals surface area (Å²) < 4.78 is 0. The highest BCUT2D eigenvalue weighted by Crippen LogP contribution is 2.96. The van der Waals surface area contributed by atoms with E-state index in [1.165, 1.54) is 0 Å². The van der Waals surface area contributed by atoms with Gasteiger partial charge in [-0.3, -0.25) is 4.79 Å². The van der Waals surface area contributed by atoms with Gasteiger partial charge in [-0.1, -0.05) is 0 Å². The largest absolute Gasteiger partial charge is 0.349 e. The third-order valence-electron chi connectivity index (χ3n) is 5.17. The molecular weight excluding hydrogens is 138 g/mol. The Balaban J connectivity index is 1.73. The molecule has 0 aromatic carbocycles. The Bertz CT molecular complexity index is 270. The molecule has 11 heavy (non-hydrogen) atoms. The van der Waals surface area contributed by atoms with Crippen molar-refractivity contribution in [3.05, 3.63) is 0 Å². The van der Waals surface area contributed by atoms with Crippen LogP contribution in [0.15, 0.2) is 0 Å². The predicted octanol–water partition coefficient (Wildman–Crippen LogP) is -0.00330. The molecule has 1 aliphatic heterocycles. The Kier molecular flexibility index (Phi) is 0.342. The van der Waals surface area contributed by atoms with E-state index in [1.54, 1.807) is 0 Å². The van der Waals surface area contributed by atoms with Gasteiger partial charge in [0.2, 0.25) is 5.91 Å². The second-order valence-corrected chi connectivity index (χ2v) is 5.13. The number of carbonyl (C=O) groups excluding carboxylic acids is 1. The van der Waals surface area contributed by atoms with E-state index >= 15 is 0 Å². The summed E-state index contributed by atoms with van der Waals surface area (Å²) in [5, 5.41) is 3.18. The van der Waals surface area contributed by atoms with Crippen LogP contribution >= 0.6 is 0 Å². The highest BCUT2D eigenvalue weighted by Gasteiger charge is 2.97. The minimum atomic E-state index is 0.308. The lowest BCUT2D eigenvalue weighted by molar-refractivity contribution is -0.133. The van der Waals surface area contributed by atoms with Crippen molar-refractivity contribution in [2.75, 3.05) is 0 Å². The number of nitrogens with one attached hydrogen (secondary N) is 1. The second kappa shape index (κ2) is 0.838. The lowest BCUT2D eigenvalue weighted by Crippen LogP contribution is -2.62. The standard InChI is InChI=1S/C9H9NO/c11-2-1-9(10-2)7-3-4(7)6-5(3)8(6)9/h3-8H,1H2,(H,10,11). The van der Waals surface area contributed by atoms with E-state index < -0.39 is 0 Å². The van der Waals surface area contributed by atoms with Crippen molar-refractivity contribution in [1.82, 2.24) is 5.32 Å². The molecule has 2 bridgehead atoms. The molecule has 5 saturated carbocycles. The number of β-lactam (4-membered cyclic amide) rings is 1. The van der Waals surface area contributed by atoms with Gasteiger partial charge in [0.1, 0.15) is 0 Å². The molecule has 2 nitrogen and oxygen atoms in total. The molecule has 6 aliphatic rings. The van der Waals surface area contributed by atoms with E-state index in [9.17, 15) is 4.79 Å². The zero-order valence-electron chi connectivity index (χ0n) is 6.08. The van der Waals surface area contributed by atoms with E-state index in [0.29, 0.717) is 11.4 Å². The molecule has 0 aromatic rings. The molecule has 0 atom stereocenters. The molecule has 0 radical (unpaired) electrons. The summed E-state index contributed by atoms with van der Waals surface area (Å²) in [6.07, 6.45) is 0.877. The maximum atomic E-state index is 10.9. The van der Waals surface area contributed by atoms with Crippen molar-refractivity contribution in [3.8, 4) is 0 Å². The predicted molar refractivity (Wildman–Crippen MR) is 36.4 cm³/mol. The van der Waals surface area contributed by atoms with Gasteiger partial charge in [0, 0.05) is 0 Å². The number of rotatable bonds is 0. The number of amides is 1. The van der Waals surface area contributed by atoms with Gasteiger partial charge in [-0.25, -0.2) is 0 Å². The molecule has 6 fully saturated rings. The van der Waals surface area contributed by atoms with E-state index in [1.807, 2.05) is 0 Å². The van der Waals surface area contributed by atoms with Crippen LogP contribution in [-0.4, -0.2) is 11.4 Å². The minimum Gasteiger partial charge on any atom is -0.349 e. The van der Waals surface area contributed by atoms with Crippen molar-refractivity contribution in [2.45, 2.75) is 12.0 Å². The molecule has 1 saturated heterocycles. The van der Waals surface area contributed by atoms with Gasteiger partial charge in [0.15, 0.2) is 0 Å². The van der Waals surface area contributed by atoms with Crippen LogP contribution < -0.4 is 5.32 Å². The fourth-order valence-corrected chi connectivity index (χ4v) is 5.06. The molecule has 0 unspecified atom stereocenters. The monoisotopic (exact) mass is 147 g/mol. The Morgan fingerprint density at radius 1 is 1.18 bits per heavy atom. The smallest absolute Gasteiger partial charge is 0.222 e. The molecule has 2 heteroatoms. The maximum absolute atomic E-state index is 10.9. The van der Waals surface area contributed by atoms with Gasteiger partial charge in [-0.15, -0.1) is 0 Å². The first-order chi connectivity index (χ1) is 5.34. The molecule has 0 aromatic heterocycles. The van der Waals surface area contributed by atoms with E-state index in [-0.39, 0.29) is 0 Å². The lowest BCUT2D eigenvalue weighted by atomic mass is 9.82. The first-order valence-electron chi connectivity index (χ1n) is 4.66.